The third kappa shape index (κ3) is 2.93. The van der Waals surface area contributed by atoms with Crippen molar-refractivity contribution < 1.29 is 14.3 Å². The fourth-order valence-electron chi connectivity index (χ4n) is 3.35. The average Bonchev–Trinajstić information content (AvgIpc) is 2.78. The number of nitrogens with zero attached hydrogens (tertiary/aromatic N) is 1. The van der Waals surface area contributed by atoms with Crippen molar-refractivity contribution >= 4 is 17.6 Å². The van der Waals surface area contributed by atoms with Gasteiger partial charge in [-0.2, -0.15) is 0 Å². The molecule has 0 saturated carbocycles. The number of anilines is 1. The first-order valence-electron chi connectivity index (χ1n) is 8.41. The number of hydrogen-bond donors (Lipinski definition) is 0. The number of fused-ring (bicyclic) bond motifs is 1. The topological polar surface area (TPSA) is 46.6 Å². The van der Waals surface area contributed by atoms with Crippen molar-refractivity contribution in [2.24, 2.45) is 0 Å². The summed E-state index contributed by atoms with van der Waals surface area (Å²) < 4.78 is 5.69. The summed E-state index contributed by atoms with van der Waals surface area (Å²) in [6, 6.07) is 17.0. The fraction of sp³-hybridized carbons (Fsp3) is 0.333. The molecule has 2 aromatic carbocycles. The summed E-state index contributed by atoms with van der Waals surface area (Å²) in [7, 11) is 1.71. The number of rotatable bonds is 3. The zero-order chi connectivity index (χ0) is 18.2. The second-order valence-corrected chi connectivity index (χ2v) is 7.45. The molecule has 0 bridgehead atoms. The number of ether oxygens (including phenoxy) is 1. The Kier molecular flexibility index (Phi) is 4.15. The van der Waals surface area contributed by atoms with E-state index in [9.17, 15) is 9.59 Å². The third-order valence-corrected chi connectivity index (χ3v) is 4.45. The molecule has 0 saturated heterocycles. The first-order valence-corrected chi connectivity index (χ1v) is 8.41. The molecule has 25 heavy (non-hydrogen) atoms. The van der Waals surface area contributed by atoms with E-state index in [-0.39, 0.29) is 12.3 Å². The molecule has 0 radical (unpaired) electrons. The molecule has 0 aliphatic carbocycles. The highest BCUT2D eigenvalue weighted by Gasteiger charge is 2.57. The lowest BCUT2D eigenvalue weighted by Crippen LogP contribution is -2.49. The van der Waals surface area contributed by atoms with Crippen molar-refractivity contribution in [2.75, 3.05) is 11.9 Å². The van der Waals surface area contributed by atoms with Crippen LogP contribution in [0.25, 0.3) is 0 Å². The Morgan fingerprint density at radius 1 is 1.04 bits per heavy atom. The predicted molar refractivity (Wildman–Crippen MR) is 97.5 cm³/mol. The van der Waals surface area contributed by atoms with Crippen LogP contribution in [0.4, 0.5) is 5.69 Å². The Morgan fingerprint density at radius 3 is 2.28 bits per heavy atom. The number of para-hydroxylation sites is 1. The first-order chi connectivity index (χ1) is 11.8. The van der Waals surface area contributed by atoms with Crippen LogP contribution in [0.1, 0.15) is 31.9 Å². The molecular formula is C21H23NO3. The van der Waals surface area contributed by atoms with E-state index in [0.717, 1.165) is 11.3 Å². The average molecular weight is 337 g/mol. The van der Waals surface area contributed by atoms with Crippen LogP contribution >= 0.6 is 0 Å². The minimum absolute atomic E-state index is 0.244. The monoisotopic (exact) mass is 337 g/mol. The van der Waals surface area contributed by atoms with Gasteiger partial charge in [-0.05, 0) is 32.4 Å². The summed E-state index contributed by atoms with van der Waals surface area (Å²) in [5.41, 5.74) is 0.374. The van der Waals surface area contributed by atoms with Gasteiger partial charge >= 0.3 is 5.97 Å². The Balaban J connectivity index is 2.16. The van der Waals surface area contributed by atoms with Gasteiger partial charge in [0.1, 0.15) is 5.60 Å². The normalized spacial score (nSPS) is 19.7. The van der Waals surface area contributed by atoms with Crippen LogP contribution in [0, 0.1) is 0 Å². The quantitative estimate of drug-likeness (QED) is 0.636. The number of benzene rings is 2. The zero-order valence-corrected chi connectivity index (χ0v) is 15.1. The van der Waals surface area contributed by atoms with E-state index in [4.69, 9.17) is 4.74 Å². The lowest BCUT2D eigenvalue weighted by Gasteiger charge is -2.30. The minimum atomic E-state index is -1.35. The smallest absolute Gasteiger partial charge is 0.327 e. The van der Waals surface area contributed by atoms with Gasteiger partial charge in [-0.3, -0.25) is 9.59 Å². The largest absolute Gasteiger partial charge is 0.459 e. The van der Waals surface area contributed by atoms with Crippen LogP contribution in [-0.2, 0) is 26.2 Å². The fourth-order valence-corrected chi connectivity index (χ4v) is 3.35. The number of hydrogen-bond acceptors (Lipinski definition) is 3. The molecule has 1 atom stereocenters. The molecule has 0 N–H and O–H groups in total. The van der Waals surface area contributed by atoms with Gasteiger partial charge in [0.2, 0.25) is 5.91 Å². The maximum atomic E-state index is 13.2. The van der Waals surface area contributed by atoms with E-state index in [2.05, 4.69) is 0 Å². The van der Waals surface area contributed by atoms with E-state index >= 15 is 0 Å². The van der Waals surface area contributed by atoms with E-state index in [1.54, 1.807) is 11.9 Å². The highest BCUT2D eigenvalue weighted by atomic mass is 16.6. The standard InChI is InChI=1S/C21H23NO3/c1-20(2,3)25-19(24)21(14-15-10-6-5-7-11-15)16-12-8-9-13-17(16)22(4)18(21)23/h5-13H,14H2,1-4H3. The van der Waals surface area contributed by atoms with Crippen LogP contribution in [0.5, 0.6) is 0 Å². The van der Waals surface area contributed by atoms with Gasteiger partial charge in [0.15, 0.2) is 5.41 Å². The van der Waals surface area contributed by atoms with Gasteiger partial charge in [-0.15, -0.1) is 0 Å². The molecule has 0 aromatic heterocycles. The third-order valence-electron chi connectivity index (χ3n) is 4.45. The molecule has 1 heterocycles. The summed E-state index contributed by atoms with van der Waals surface area (Å²) in [4.78, 5) is 28.0. The molecule has 1 amide bonds. The number of amides is 1. The Hall–Kier alpha value is -2.62. The van der Waals surface area contributed by atoms with Gasteiger partial charge in [-0.1, -0.05) is 48.5 Å². The van der Waals surface area contributed by atoms with Gasteiger partial charge in [-0.25, -0.2) is 0 Å². The summed E-state index contributed by atoms with van der Waals surface area (Å²) in [6.07, 6.45) is 0.281. The summed E-state index contributed by atoms with van der Waals surface area (Å²) in [6.45, 7) is 5.45. The van der Waals surface area contributed by atoms with E-state index in [1.165, 1.54) is 0 Å². The highest BCUT2D eigenvalue weighted by molar-refractivity contribution is 6.20. The van der Waals surface area contributed by atoms with E-state index < -0.39 is 17.0 Å². The number of esters is 1. The van der Waals surface area contributed by atoms with Gasteiger partial charge < -0.3 is 9.64 Å². The molecule has 3 rings (SSSR count). The van der Waals surface area contributed by atoms with Crippen molar-refractivity contribution in [3.8, 4) is 0 Å². The summed E-state index contributed by atoms with van der Waals surface area (Å²) in [5, 5.41) is 0. The highest BCUT2D eigenvalue weighted by Crippen LogP contribution is 2.44. The van der Waals surface area contributed by atoms with E-state index in [1.807, 2.05) is 75.4 Å². The lowest BCUT2D eigenvalue weighted by atomic mass is 9.76. The van der Waals surface area contributed by atoms with Crippen molar-refractivity contribution in [1.29, 1.82) is 0 Å². The lowest BCUT2D eigenvalue weighted by molar-refractivity contribution is -0.164. The molecule has 4 nitrogen and oxygen atoms in total. The molecule has 0 fully saturated rings. The molecule has 1 unspecified atom stereocenters. The Bertz CT molecular complexity index is 807. The maximum absolute atomic E-state index is 13.2. The van der Waals surface area contributed by atoms with Crippen LogP contribution in [0.3, 0.4) is 0 Å². The second kappa shape index (κ2) is 6.03. The van der Waals surface area contributed by atoms with Crippen molar-refractivity contribution in [1.82, 2.24) is 0 Å². The molecular weight excluding hydrogens is 314 g/mol. The molecule has 130 valence electrons. The van der Waals surface area contributed by atoms with Crippen molar-refractivity contribution in [3.63, 3.8) is 0 Å². The first kappa shape index (κ1) is 17.2. The van der Waals surface area contributed by atoms with Crippen molar-refractivity contribution in [3.05, 3.63) is 65.7 Å². The maximum Gasteiger partial charge on any atom is 0.327 e. The van der Waals surface area contributed by atoms with Gasteiger partial charge in [0.05, 0.1) is 0 Å². The molecule has 0 spiro atoms. The minimum Gasteiger partial charge on any atom is -0.459 e. The molecule has 4 heteroatoms. The number of carbonyl (C=O) groups excluding carboxylic acids is 2. The Morgan fingerprint density at radius 2 is 1.64 bits per heavy atom. The van der Waals surface area contributed by atoms with Gasteiger partial charge in [0.25, 0.3) is 0 Å². The molecule has 2 aromatic rings. The summed E-state index contributed by atoms with van der Waals surface area (Å²) in [5.74, 6) is -0.738. The zero-order valence-electron chi connectivity index (χ0n) is 15.1. The predicted octanol–water partition coefficient (Wildman–Crippen LogP) is 3.49. The molecule has 1 aliphatic heterocycles. The van der Waals surface area contributed by atoms with Crippen molar-refractivity contribution in [2.45, 2.75) is 38.2 Å². The number of likely N-dealkylation sites (N-methyl/N-ethyl adjacent to an activating group) is 1. The van der Waals surface area contributed by atoms with E-state index in [0.29, 0.717) is 5.56 Å². The second-order valence-electron chi connectivity index (χ2n) is 7.45. The number of carbonyl (C=O) groups is 2. The molecule has 1 aliphatic rings. The van der Waals surface area contributed by atoms with Crippen LogP contribution in [0.2, 0.25) is 0 Å². The SMILES string of the molecule is CN1C(=O)C(Cc2ccccc2)(C(=O)OC(C)(C)C)c2ccccc21. The van der Waals surface area contributed by atoms with Crippen LogP contribution in [-0.4, -0.2) is 24.5 Å². The van der Waals surface area contributed by atoms with Crippen LogP contribution in [0.15, 0.2) is 54.6 Å². The van der Waals surface area contributed by atoms with Gasteiger partial charge in [0, 0.05) is 24.7 Å². The Labute approximate surface area is 148 Å². The summed E-state index contributed by atoms with van der Waals surface area (Å²) >= 11 is 0. The van der Waals surface area contributed by atoms with Crippen LogP contribution < -0.4 is 4.90 Å².